The summed E-state index contributed by atoms with van der Waals surface area (Å²) in [5.41, 5.74) is 2.32. The number of pyridine rings is 1. The van der Waals surface area contributed by atoms with Gasteiger partial charge in [0.1, 0.15) is 6.67 Å². The van der Waals surface area contributed by atoms with Gasteiger partial charge in [-0.05, 0) is 18.6 Å². The van der Waals surface area contributed by atoms with E-state index in [1.165, 1.54) is 5.56 Å². The number of rotatable bonds is 4. The van der Waals surface area contributed by atoms with Gasteiger partial charge in [-0.2, -0.15) is 0 Å². The molecule has 1 aliphatic rings. The SMILES string of the molecule is Cc1ccc(CN2CCN(CCF)CC2)cn1. The second-order valence-corrected chi connectivity index (χ2v) is 4.61. The molecule has 0 amide bonds. The summed E-state index contributed by atoms with van der Waals surface area (Å²) in [5.74, 6) is 0. The molecular formula is C13H20FN3. The number of piperazine rings is 1. The van der Waals surface area contributed by atoms with Crippen LogP contribution in [0.5, 0.6) is 0 Å². The van der Waals surface area contributed by atoms with E-state index in [-0.39, 0.29) is 6.67 Å². The second kappa shape index (κ2) is 6.07. The van der Waals surface area contributed by atoms with Gasteiger partial charge in [-0.1, -0.05) is 6.07 Å². The third kappa shape index (κ3) is 3.75. The molecule has 0 aromatic carbocycles. The number of hydrogen-bond acceptors (Lipinski definition) is 3. The van der Waals surface area contributed by atoms with Crippen molar-refractivity contribution >= 4 is 0 Å². The Kier molecular flexibility index (Phi) is 4.45. The van der Waals surface area contributed by atoms with Crippen LogP contribution in [0.25, 0.3) is 0 Å². The van der Waals surface area contributed by atoms with E-state index >= 15 is 0 Å². The van der Waals surface area contributed by atoms with Crippen molar-refractivity contribution in [2.45, 2.75) is 13.5 Å². The van der Waals surface area contributed by atoms with Crippen LogP contribution in [0.3, 0.4) is 0 Å². The fourth-order valence-electron chi connectivity index (χ4n) is 2.14. The molecule has 0 unspecified atom stereocenters. The van der Waals surface area contributed by atoms with Gasteiger partial charge in [-0.3, -0.25) is 14.8 Å². The molecule has 0 bridgehead atoms. The summed E-state index contributed by atoms with van der Waals surface area (Å²) < 4.78 is 12.2. The summed E-state index contributed by atoms with van der Waals surface area (Å²) in [6.07, 6.45) is 1.95. The summed E-state index contributed by atoms with van der Waals surface area (Å²) in [6, 6.07) is 4.19. The maximum atomic E-state index is 12.2. The molecular weight excluding hydrogens is 217 g/mol. The predicted octanol–water partition coefficient (Wildman–Crippen LogP) is 1.48. The molecule has 1 aromatic rings. The Balaban J connectivity index is 1.79. The predicted molar refractivity (Wildman–Crippen MR) is 66.7 cm³/mol. The Hall–Kier alpha value is -1.00. The van der Waals surface area contributed by atoms with E-state index < -0.39 is 0 Å². The van der Waals surface area contributed by atoms with E-state index in [1.807, 2.05) is 13.1 Å². The van der Waals surface area contributed by atoms with E-state index in [0.717, 1.165) is 38.4 Å². The maximum absolute atomic E-state index is 12.2. The van der Waals surface area contributed by atoms with Crippen molar-refractivity contribution in [1.82, 2.24) is 14.8 Å². The highest BCUT2D eigenvalue weighted by Crippen LogP contribution is 2.08. The van der Waals surface area contributed by atoms with Crippen LogP contribution in [0.1, 0.15) is 11.3 Å². The summed E-state index contributed by atoms with van der Waals surface area (Å²) in [5, 5.41) is 0. The lowest BCUT2D eigenvalue weighted by Gasteiger charge is -2.34. The Morgan fingerprint density at radius 2 is 1.88 bits per heavy atom. The molecule has 0 aliphatic carbocycles. The normalized spacial score (nSPS) is 18.5. The molecule has 94 valence electrons. The van der Waals surface area contributed by atoms with Gasteiger partial charge in [-0.15, -0.1) is 0 Å². The number of alkyl halides is 1. The number of hydrogen-bond donors (Lipinski definition) is 0. The van der Waals surface area contributed by atoms with Gasteiger partial charge in [-0.25, -0.2) is 4.39 Å². The van der Waals surface area contributed by atoms with Crippen LogP contribution in [-0.2, 0) is 6.54 Å². The minimum Gasteiger partial charge on any atom is -0.298 e. The van der Waals surface area contributed by atoms with E-state index in [4.69, 9.17) is 0 Å². The Morgan fingerprint density at radius 3 is 2.47 bits per heavy atom. The largest absolute Gasteiger partial charge is 0.298 e. The van der Waals surface area contributed by atoms with Crippen molar-refractivity contribution in [3.8, 4) is 0 Å². The van der Waals surface area contributed by atoms with Crippen LogP contribution in [0.4, 0.5) is 4.39 Å². The first kappa shape index (κ1) is 12.5. The molecule has 4 heteroatoms. The third-order valence-electron chi connectivity index (χ3n) is 3.24. The number of aromatic nitrogens is 1. The molecule has 1 saturated heterocycles. The fraction of sp³-hybridized carbons (Fsp3) is 0.615. The van der Waals surface area contributed by atoms with Crippen LogP contribution >= 0.6 is 0 Å². The lowest BCUT2D eigenvalue weighted by Crippen LogP contribution is -2.46. The average Bonchev–Trinajstić information content (AvgIpc) is 2.35. The zero-order valence-corrected chi connectivity index (χ0v) is 10.4. The molecule has 2 heterocycles. The third-order valence-corrected chi connectivity index (χ3v) is 3.24. The summed E-state index contributed by atoms with van der Waals surface area (Å²) in [7, 11) is 0. The van der Waals surface area contributed by atoms with Crippen LogP contribution in [-0.4, -0.2) is 54.2 Å². The second-order valence-electron chi connectivity index (χ2n) is 4.61. The Labute approximate surface area is 102 Å². The summed E-state index contributed by atoms with van der Waals surface area (Å²) in [4.78, 5) is 8.89. The molecule has 1 fully saturated rings. The van der Waals surface area contributed by atoms with Gasteiger partial charge in [0.2, 0.25) is 0 Å². The van der Waals surface area contributed by atoms with Crippen molar-refractivity contribution in [2.75, 3.05) is 39.4 Å². The number of aryl methyl sites for hydroxylation is 1. The molecule has 1 aliphatic heterocycles. The summed E-state index contributed by atoms with van der Waals surface area (Å²) >= 11 is 0. The fourth-order valence-corrected chi connectivity index (χ4v) is 2.14. The first-order chi connectivity index (χ1) is 8.28. The molecule has 0 spiro atoms. The van der Waals surface area contributed by atoms with Crippen molar-refractivity contribution in [1.29, 1.82) is 0 Å². The molecule has 2 rings (SSSR count). The van der Waals surface area contributed by atoms with Crippen LogP contribution in [0.15, 0.2) is 18.3 Å². The minimum absolute atomic E-state index is 0.234. The molecule has 0 N–H and O–H groups in total. The first-order valence-corrected chi connectivity index (χ1v) is 6.20. The van der Waals surface area contributed by atoms with E-state index in [1.54, 1.807) is 0 Å². The van der Waals surface area contributed by atoms with Crippen molar-refractivity contribution < 1.29 is 4.39 Å². The molecule has 0 atom stereocenters. The monoisotopic (exact) mass is 237 g/mol. The average molecular weight is 237 g/mol. The highest BCUT2D eigenvalue weighted by molar-refractivity contribution is 5.13. The first-order valence-electron chi connectivity index (χ1n) is 6.20. The van der Waals surface area contributed by atoms with Crippen LogP contribution in [0, 0.1) is 6.92 Å². The van der Waals surface area contributed by atoms with Gasteiger partial charge in [0.15, 0.2) is 0 Å². The molecule has 0 radical (unpaired) electrons. The zero-order chi connectivity index (χ0) is 12.1. The van der Waals surface area contributed by atoms with Gasteiger partial charge in [0.05, 0.1) is 0 Å². The van der Waals surface area contributed by atoms with Crippen molar-refractivity contribution in [3.05, 3.63) is 29.6 Å². The lowest BCUT2D eigenvalue weighted by atomic mass is 10.2. The van der Waals surface area contributed by atoms with Crippen LogP contribution in [0.2, 0.25) is 0 Å². The quantitative estimate of drug-likeness (QED) is 0.790. The highest BCUT2D eigenvalue weighted by atomic mass is 19.1. The topological polar surface area (TPSA) is 19.4 Å². The van der Waals surface area contributed by atoms with E-state index in [9.17, 15) is 4.39 Å². The maximum Gasteiger partial charge on any atom is 0.102 e. The van der Waals surface area contributed by atoms with Gasteiger partial charge in [0.25, 0.3) is 0 Å². The zero-order valence-electron chi connectivity index (χ0n) is 10.4. The molecule has 0 saturated carbocycles. The smallest absolute Gasteiger partial charge is 0.102 e. The standard InChI is InChI=1S/C13H20FN3/c1-12-2-3-13(10-15-12)11-17-8-6-16(5-4-14)7-9-17/h2-3,10H,4-9,11H2,1H3. The Bertz CT molecular complexity index is 331. The van der Waals surface area contributed by atoms with Crippen LogP contribution < -0.4 is 0 Å². The van der Waals surface area contributed by atoms with Gasteiger partial charge in [0, 0.05) is 51.2 Å². The van der Waals surface area contributed by atoms with E-state index in [2.05, 4.69) is 26.9 Å². The van der Waals surface area contributed by atoms with Crippen molar-refractivity contribution in [2.24, 2.45) is 0 Å². The Morgan fingerprint density at radius 1 is 1.18 bits per heavy atom. The summed E-state index contributed by atoms with van der Waals surface area (Å²) in [6.45, 7) is 7.30. The number of halogens is 1. The highest BCUT2D eigenvalue weighted by Gasteiger charge is 2.16. The minimum atomic E-state index is -0.234. The number of nitrogens with zero attached hydrogens (tertiary/aromatic N) is 3. The molecule has 1 aromatic heterocycles. The lowest BCUT2D eigenvalue weighted by molar-refractivity contribution is 0.121. The van der Waals surface area contributed by atoms with E-state index in [0.29, 0.717) is 6.54 Å². The van der Waals surface area contributed by atoms with Gasteiger partial charge >= 0.3 is 0 Å². The molecule has 3 nitrogen and oxygen atoms in total. The van der Waals surface area contributed by atoms with Crippen molar-refractivity contribution in [3.63, 3.8) is 0 Å². The van der Waals surface area contributed by atoms with Gasteiger partial charge < -0.3 is 0 Å². The molecule has 17 heavy (non-hydrogen) atoms.